The molecule has 0 aliphatic carbocycles. The number of rotatable bonds is 6. The fraction of sp³-hybridized carbons (Fsp3) is 0.500. The van der Waals surface area contributed by atoms with Crippen LogP contribution in [0.15, 0.2) is 18.2 Å². The number of hydrogen-bond donors (Lipinski definition) is 2. The second-order valence-corrected chi connectivity index (χ2v) is 4.23. The first-order valence-corrected chi connectivity index (χ1v) is 5.92. The summed E-state index contributed by atoms with van der Waals surface area (Å²) in [6.07, 6.45) is 0.786. The molecule has 3 N–H and O–H groups in total. The maximum atomic E-state index is 8.80. The topological polar surface area (TPSA) is 49.5 Å². The van der Waals surface area contributed by atoms with E-state index in [2.05, 4.69) is 11.8 Å². The molecule has 0 saturated carbocycles. The predicted molar refractivity (Wildman–Crippen MR) is 68.5 cm³/mol. The summed E-state index contributed by atoms with van der Waals surface area (Å²) in [6, 6.07) is 5.53. The van der Waals surface area contributed by atoms with Crippen molar-refractivity contribution in [2.24, 2.45) is 0 Å². The molecule has 0 radical (unpaired) electrons. The monoisotopic (exact) mass is 242 g/mol. The van der Waals surface area contributed by atoms with Gasteiger partial charge in [-0.25, -0.2) is 0 Å². The number of nitrogen functional groups attached to an aromatic ring is 1. The minimum atomic E-state index is 0.224. The van der Waals surface area contributed by atoms with E-state index in [-0.39, 0.29) is 6.61 Å². The highest BCUT2D eigenvalue weighted by atomic mass is 35.5. The smallest absolute Gasteiger partial charge is 0.0443 e. The Hall–Kier alpha value is -0.770. The van der Waals surface area contributed by atoms with Crippen LogP contribution in [0.3, 0.4) is 0 Å². The molecule has 0 aliphatic heterocycles. The Bertz CT molecular complexity index is 331. The summed E-state index contributed by atoms with van der Waals surface area (Å²) in [6.45, 7) is 4.91. The zero-order valence-corrected chi connectivity index (χ0v) is 10.4. The van der Waals surface area contributed by atoms with E-state index < -0.39 is 0 Å². The van der Waals surface area contributed by atoms with Crippen LogP contribution in [0, 0.1) is 0 Å². The first-order valence-electron chi connectivity index (χ1n) is 5.54. The molecule has 0 aliphatic rings. The quantitative estimate of drug-likeness (QED) is 0.752. The fourth-order valence-electron chi connectivity index (χ4n) is 1.60. The van der Waals surface area contributed by atoms with E-state index in [9.17, 15) is 0 Å². The summed E-state index contributed by atoms with van der Waals surface area (Å²) >= 11 is 5.93. The number of nitrogens with zero attached hydrogens (tertiary/aromatic N) is 1. The summed E-state index contributed by atoms with van der Waals surface area (Å²) in [4.78, 5) is 2.23. The Morgan fingerprint density at radius 2 is 2.19 bits per heavy atom. The van der Waals surface area contributed by atoms with E-state index in [1.54, 1.807) is 6.07 Å². The molecule has 0 unspecified atom stereocenters. The summed E-state index contributed by atoms with van der Waals surface area (Å²) in [5, 5.41) is 9.51. The van der Waals surface area contributed by atoms with E-state index in [4.69, 9.17) is 22.4 Å². The molecule has 1 aromatic carbocycles. The van der Waals surface area contributed by atoms with Crippen LogP contribution in [-0.2, 0) is 6.54 Å². The van der Waals surface area contributed by atoms with Gasteiger partial charge < -0.3 is 10.8 Å². The third-order valence-corrected chi connectivity index (χ3v) is 2.81. The zero-order chi connectivity index (χ0) is 12.0. The lowest BCUT2D eigenvalue weighted by Crippen LogP contribution is -2.25. The van der Waals surface area contributed by atoms with Gasteiger partial charge >= 0.3 is 0 Å². The lowest BCUT2D eigenvalue weighted by molar-refractivity contribution is 0.225. The highest BCUT2D eigenvalue weighted by molar-refractivity contribution is 6.30. The Balaban J connectivity index is 2.65. The standard InChI is InChI=1S/C12H19ClN2O/c1-2-15(6-3-7-16)9-10-8-11(13)4-5-12(10)14/h4-5,8,16H,2-3,6-7,9,14H2,1H3. The summed E-state index contributed by atoms with van der Waals surface area (Å²) in [5.74, 6) is 0. The number of halogens is 1. The molecule has 0 saturated heterocycles. The normalized spacial score (nSPS) is 11.0. The van der Waals surface area contributed by atoms with Crippen molar-refractivity contribution in [3.05, 3.63) is 28.8 Å². The molecule has 3 nitrogen and oxygen atoms in total. The largest absolute Gasteiger partial charge is 0.398 e. The third kappa shape index (κ3) is 4.00. The number of hydrogen-bond acceptors (Lipinski definition) is 3. The van der Waals surface area contributed by atoms with Crippen LogP contribution in [0.5, 0.6) is 0 Å². The molecule has 1 aromatic rings. The average molecular weight is 243 g/mol. The predicted octanol–water partition coefficient (Wildman–Crippen LogP) is 2.13. The van der Waals surface area contributed by atoms with E-state index in [1.807, 2.05) is 12.1 Å². The van der Waals surface area contributed by atoms with Crippen LogP contribution in [0.2, 0.25) is 5.02 Å². The number of anilines is 1. The molecule has 0 amide bonds. The second-order valence-electron chi connectivity index (χ2n) is 3.79. The number of benzene rings is 1. The molecular formula is C12H19ClN2O. The first kappa shape index (κ1) is 13.3. The van der Waals surface area contributed by atoms with E-state index in [0.717, 1.165) is 37.3 Å². The Kier molecular flexibility index (Phi) is 5.60. The van der Waals surface area contributed by atoms with Gasteiger partial charge in [0.25, 0.3) is 0 Å². The second kappa shape index (κ2) is 6.74. The van der Waals surface area contributed by atoms with Crippen molar-refractivity contribution in [2.45, 2.75) is 19.9 Å². The fourth-order valence-corrected chi connectivity index (χ4v) is 1.79. The van der Waals surface area contributed by atoms with Gasteiger partial charge in [0.05, 0.1) is 0 Å². The van der Waals surface area contributed by atoms with Gasteiger partial charge in [-0.2, -0.15) is 0 Å². The van der Waals surface area contributed by atoms with Gasteiger partial charge in [-0.1, -0.05) is 18.5 Å². The lowest BCUT2D eigenvalue weighted by atomic mass is 10.1. The number of nitrogens with two attached hydrogens (primary N) is 1. The van der Waals surface area contributed by atoms with Gasteiger partial charge in [0.2, 0.25) is 0 Å². The van der Waals surface area contributed by atoms with Crippen molar-refractivity contribution < 1.29 is 5.11 Å². The minimum Gasteiger partial charge on any atom is -0.398 e. The maximum absolute atomic E-state index is 8.80. The Morgan fingerprint density at radius 3 is 2.81 bits per heavy atom. The Morgan fingerprint density at radius 1 is 1.44 bits per heavy atom. The van der Waals surface area contributed by atoms with Crippen molar-refractivity contribution in [3.63, 3.8) is 0 Å². The SMILES string of the molecule is CCN(CCCO)Cc1cc(Cl)ccc1N. The molecule has 1 rings (SSSR count). The third-order valence-electron chi connectivity index (χ3n) is 2.58. The van der Waals surface area contributed by atoms with E-state index in [0.29, 0.717) is 5.02 Å². The summed E-state index contributed by atoms with van der Waals surface area (Å²) in [5.41, 5.74) is 7.71. The van der Waals surface area contributed by atoms with Crippen LogP contribution in [0.4, 0.5) is 5.69 Å². The van der Waals surface area contributed by atoms with Gasteiger partial charge in [0.15, 0.2) is 0 Å². The molecule has 0 fully saturated rings. The first-order chi connectivity index (χ1) is 7.67. The Labute approximate surface area is 102 Å². The highest BCUT2D eigenvalue weighted by Crippen LogP contribution is 2.19. The molecule has 4 heteroatoms. The number of aliphatic hydroxyl groups excluding tert-OH is 1. The van der Waals surface area contributed by atoms with Crippen molar-refractivity contribution in [1.82, 2.24) is 4.90 Å². The van der Waals surface area contributed by atoms with Crippen LogP contribution in [-0.4, -0.2) is 29.7 Å². The van der Waals surface area contributed by atoms with Gasteiger partial charge in [-0.3, -0.25) is 4.90 Å². The van der Waals surface area contributed by atoms with Gasteiger partial charge in [0.1, 0.15) is 0 Å². The van der Waals surface area contributed by atoms with Gasteiger partial charge in [-0.05, 0) is 36.7 Å². The lowest BCUT2D eigenvalue weighted by Gasteiger charge is -2.20. The summed E-state index contributed by atoms with van der Waals surface area (Å²) in [7, 11) is 0. The molecule has 0 atom stereocenters. The van der Waals surface area contributed by atoms with Crippen LogP contribution >= 0.6 is 11.6 Å². The molecule has 0 aromatic heterocycles. The van der Waals surface area contributed by atoms with E-state index in [1.165, 1.54) is 0 Å². The van der Waals surface area contributed by atoms with Crippen LogP contribution < -0.4 is 5.73 Å². The maximum Gasteiger partial charge on any atom is 0.0443 e. The van der Waals surface area contributed by atoms with Crippen LogP contribution in [0.25, 0.3) is 0 Å². The van der Waals surface area contributed by atoms with Gasteiger partial charge in [0, 0.05) is 30.4 Å². The molecule has 90 valence electrons. The highest BCUT2D eigenvalue weighted by Gasteiger charge is 2.06. The molecular weight excluding hydrogens is 224 g/mol. The minimum absolute atomic E-state index is 0.224. The zero-order valence-electron chi connectivity index (χ0n) is 9.62. The van der Waals surface area contributed by atoms with Crippen LogP contribution in [0.1, 0.15) is 18.9 Å². The average Bonchev–Trinajstić information content (AvgIpc) is 2.28. The van der Waals surface area contributed by atoms with E-state index >= 15 is 0 Å². The van der Waals surface area contributed by atoms with Crippen molar-refractivity contribution in [3.8, 4) is 0 Å². The van der Waals surface area contributed by atoms with Gasteiger partial charge in [-0.15, -0.1) is 0 Å². The molecule has 16 heavy (non-hydrogen) atoms. The molecule has 0 bridgehead atoms. The molecule has 0 heterocycles. The number of aliphatic hydroxyl groups is 1. The van der Waals surface area contributed by atoms with Crippen molar-refractivity contribution >= 4 is 17.3 Å². The van der Waals surface area contributed by atoms with Crippen molar-refractivity contribution in [2.75, 3.05) is 25.4 Å². The molecule has 0 spiro atoms. The van der Waals surface area contributed by atoms with Crippen molar-refractivity contribution in [1.29, 1.82) is 0 Å². The summed E-state index contributed by atoms with van der Waals surface area (Å²) < 4.78 is 0.